The Labute approximate surface area is 143 Å². The maximum absolute atomic E-state index is 13.0. The number of anilines is 1. The van der Waals surface area contributed by atoms with Crippen LogP contribution < -0.4 is 10.5 Å². The number of para-hydroxylation sites is 1. The fourth-order valence-electron chi connectivity index (χ4n) is 3.23. The zero-order chi connectivity index (χ0) is 17.4. The Morgan fingerprint density at radius 2 is 1.92 bits per heavy atom. The van der Waals surface area contributed by atoms with Gasteiger partial charge >= 0.3 is 0 Å². The number of hydrogen-bond acceptors (Lipinski definition) is 5. The molecule has 0 atom stereocenters. The second-order valence-electron chi connectivity index (χ2n) is 6.06. The van der Waals surface area contributed by atoms with Crippen molar-refractivity contribution in [2.75, 3.05) is 31.1 Å². The molecule has 0 aliphatic carbocycles. The molecule has 0 bridgehead atoms. The summed E-state index contributed by atoms with van der Waals surface area (Å²) in [5, 5.41) is 7.49. The van der Waals surface area contributed by atoms with Gasteiger partial charge in [0.25, 0.3) is 11.5 Å². The first-order valence-electron chi connectivity index (χ1n) is 8.13. The number of fused-ring (bicyclic) bond motifs is 1. The Morgan fingerprint density at radius 3 is 2.64 bits per heavy atom. The lowest BCUT2D eigenvalue weighted by Crippen LogP contribution is -2.49. The van der Waals surface area contributed by atoms with Crippen molar-refractivity contribution in [1.29, 1.82) is 0 Å². The van der Waals surface area contributed by atoms with Crippen LogP contribution in [-0.4, -0.2) is 56.7 Å². The summed E-state index contributed by atoms with van der Waals surface area (Å²) in [6.07, 6.45) is 1.47. The lowest BCUT2D eigenvalue weighted by atomic mass is 10.1. The summed E-state index contributed by atoms with van der Waals surface area (Å²) in [6, 6.07) is 8.92. The van der Waals surface area contributed by atoms with E-state index in [1.54, 1.807) is 16.5 Å². The van der Waals surface area contributed by atoms with Crippen molar-refractivity contribution in [2.24, 2.45) is 7.05 Å². The van der Waals surface area contributed by atoms with Crippen molar-refractivity contribution >= 4 is 22.8 Å². The zero-order valence-electron chi connectivity index (χ0n) is 13.8. The molecule has 1 fully saturated rings. The second kappa shape index (κ2) is 6.04. The van der Waals surface area contributed by atoms with Gasteiger partial charge in [-0.3, -0.25) is 9.59 Å². The number of pyridine rings is 1. The van der Waals surface area contributed by atoms with Gasteiger partial charge in [0.1, 0.15) is 6.33 Å². The molecule has 0 spiro atoms. The molecule has 0 unspecified atom stereocenters. The molecule has 2 aromatic heterocycles. The van der Waals surface area contributed by atoms with E-state index >= 15 is 0 Å². The minimum Gasteiger partial charge on any atom is -0.338 e. The summed E-state index contributed by atoms with van der Waals surface area (Å²) in [7, 11) is 1.72. The lowest BCUT2D eigenvalue weighted by Gasteiger charge is -2.34. The van der Waals surface area contributed by atoms with Crippen molar-refractivity contribution in [2.45, 2.75) is 0 Å². The summed E-state index contributed by atoms with van der Waals surface area (Å²) in [5.74, 6) is 0.609. The van der Waals surface area contributed by atoms with E-state index in [1.165, 1.54) is 12.4 Å². The van der Waals surface area contributed by atoms with E-state index in [4.69, 9.17) is 0 Å². The van der Waals surface area contributed by atoms with Crippen LogP contribution in [0, 0.1) is 0 Å². The van der Waals surface area contributed by atoms with Crippen LogP contribution in [0.25, 0.3) is 10.9 Å². The van der Waals surface area contributed by atoms with Crippen molar-refractivity contribution < 1.29 is 4.79 Å². The molecule has 8 nitrogen and oxygen atoms in total. The number of carbonyl (C=O) groups excluding carboxylic acids is 1. The maximum Gasteiger partial charge on any atom is 0.254 e. The van der Waals surface area contributed by atoms with Gasteiger partial charge in [-0.1, -0.05) is 18.2 Å². The van der Waals surface area contributed by atoms with Gasteiger partial charge in [-0.05, 0) is 6.07 Å². The van der Waals surface area contributed by atoms with E-state index in [9.17, 15) is 9.59 Å². The predicted molar refractivity (Wildman–Crippen MR) is 93.7 cm³/mol. The molecule has 0 radical (unpaired) electrons. The number of aromatic amines is 1. The second-order valence-corrected chi connectivity index (χ2v) is 6.06. The molecule has 1 amide bonds. The molecule has 3 aromatic rings. The van der Waals surface area contributed by atoms with Crippen LogP contribution in [0.4, 0.5) is 5.95 Å². The Kier molecular flexibility index (Phi) is 3.72. The number of H-pyrrole nitrogens is 1. The number of nitrogens with zero attached hydrogens (tertiary/aromatic N) is 5. The quantitative estimate of drug-likeness (QED) is 0.740. The molecule has 1 aliphatic rings. The van der Waals surface area contributed by atoms with E-state index < -0.39 is 0 Å². The summed E-state index contributed by atoms with van der Waals surface area (Å²) in [6.45, 7) is 2.49. The number of benzene rings is 1. The predicted octanol–water partition coefficient (Wildman–Crippen LogP) is 0.619. The maximum atomic E-state index is 13.0. The highest BCUT2D eigenvalue weighted by molar-refractivity contribution is 6.06. The van der Waals surface area contributed by atoms with E-state index in [0.717, 1.165) is 10.9 Å². The van der Waals surface area contributed by atoms with Crippen molar-refractivity contribution in [3.05, 3.63) is 52.6 Å². The molecule has 1 N–H and O–H groups in total. The third-order valence-corrected chi connectivity index (χ3v) is 4.65. The Morgan fingerprint density at radius 1 is 1.16 bits per heavy atom. The summed E-state index contributed by atoms with van der Waals surface area (Å²) in [5.41, 5.74) is 1.05. The van der Waals surface area contributed by atoms with E-state index in [0.29, 0.717) is 37.7 Å². The standard InChI is InChI=1S/C17H18N6O2/c1-21-14-5-3-2-4-12(14)13(10-15(21)24)16(25)22-6-8-23(9-7-22)17-18-11-19-20-17/h2-5,10-11H,6-9H2,1H3,(H,18,19,20). The molecule has 8 heteroatoms. The first kappa shape index (κ1) is 15.4. The van der Waals surface area contributed by atoms with Crippen LogP contribution in [0.2, 0.25) is 0 Å². The molecule has 1 aromatic carbocycles. The SMILES string of the molecule is Cn1c(=O)cc(C(=O)N2CCN(c3ncn[nH]3)CC2)c2ccccc21. The van der Waals surface area contributed by atoms with Crippen LogP contribution in [0.5, 0.6) is 0 Å². The summed E-state index contributed by atoms with van der Waals surface area (Å²) in [4.78, 5) is 33.2. The van der Waals surface area contributed by atoms with Gasteiger partial charge in [0, 0.05) is 44.7 Å². The molecule has 0 saturated carbocycles. The topological polar surface area (TPSA) is 87.1 Å². The van der Waals surface area contributed by atoms with E-state index in [2.05, 4.69) is 20.1 Å². The Bertz CT molecular complexity index is 970. The van der Waals surface area contributed by atoms with Crippen LogP contribution in [-0.2, 0) is 7.05 Å². The largest absolute Gasteiger partial charge is 0.338 e. The van der Waals surface area contributed by atoms with Crippen LogP contribution in [0.15, 0.2) is 41.5 Å². The molecule has 3 heterocycles. The van der Waals surface area contributed by atoms with Gasteiger partial charge in [-0.15, -0.1) is 0 Å². The number of amides is 1. The molecule has 25 heavy (non-hydrogen) atoms. The van der Waals surface area contributed by atoms with Crippen molar-refractivity contribution in [3.63, 3.8) is 0 Å². The van der Waals surface area contributed by atoms with Crippen LogP contribution in [0.3, 0.4) is 0 Å². The van der Waals surface area contributed by atoms with Gasteiger partial charge in [-0.25, -0.2) is 5.10 Å². The van der Waals surface area contributed by atoms with Gasteiger partial charge < -0.3 is 14.4 Å². The monoisotopic (exact) mass is 338 g/mol. The van der Waals surface area contributed by atoms with Crippen LogP contribution in [0.1, 0.15) is 10.4 Å². The minimum absolute atomic E-state index is 0.105. The van der Waals surface area contributed by atoms with Crippen molar-refractivity contribution in [3.8, 4) is 0 Å². The summed E-state index contributed by atoms with van der Waals surface area (Å²) >= 11 is 0. The normalized spacial score (nSPS) is 14.9. The molecular formula is C17H18N6O2. The number of nitrogens with one attached hydrogen (secondary N) is 1. The fourth-order valence-corrected chi connectivity index (χ4v) is 3.23. The third-order valence-electron chi connectivity index (χ3n) is 4.65. The highest BCUT2D eigenvalue weighted by Gasteiger charge is 2.25. The van der Waals surface area contributed by atoms with Crippen molar-refractivity contribution in [1.82, 2.24) is 24.6 Å². The summed E-state index contributed by atoms with van der Waals surface area (Å²) < 4.78 is 1.56. The number of aryl methyl sites for hydroxylation is 1. The smallest absolute Gasteiger partial charge is 0.254 e. The first-order valence-corrected chi connectivity index (χ1v) is 8.13. The third kappa shape index (κ3) is 2.65. The van der Waals surface area contributed by atoms with Gasteiger partial charge in [0.2, 0.25) is 5.95 Å². The lowest BCUT2D eigenvalue weighted by molar-refractivity contribution is 0.0748. The number of piperazine rings is 1. The fraction of sp³-hybridized carbons (Fsp3) is 0.294. The van der Waals surface area contributed by atoms with Gasteiger partial charge in [-0.2, -0.15) is 10.1 Å². The molecule has 4 rings (SSSR count). The molecule has 128 valence electrons. The first-order chi connectivity index (χ1) is 12.1. The van der Waals surface area contributed by atoms with Gasteiger partial charge in [0.05, 0.1) is 11.1 Å². The Balaban J connectivity index is 1.61. The minimum atomic E-state index is -0.178. The average Bonchev–Trinajstić information content (AvgIpc) is 3.19. The highest BCUT2D eigenvalue weighted by Crippen LogP contribution is 2.19. The van der Waals surface area contributed by atoms with Gasteiger partial charge in [0.15, 0.2) is 0 Å². The number of aromatic nitrogens is 4. The molecule has 1 aliphatic heterocycles. The Hall–Kier alpha value is -3.16. The van der Waals surface area contributed by atoms with E-state index in [-0.39, 0.29) is 11.5 Å². The number of carbonyl (C=O) groups is 1. The van der Waals surface area contributed by atoms with Crippen LogP contribution >= 0.6 is 0 Å². The number of hydrogen-bond donors (Lipinski definition) is 1. The average molecular weight is 338 g/mol. The molecule has 1 saturated heterocycles. The number of rotatable bonds is 2. The van der Waals surface area contributed by atoms with E-state index in [1.807, 2.05) is 24.3 Å². The molecular weight excluding hydrogens is 320 g/mol. The highest BCUT2D eigenvalue weighted by atomic mass is 16.2. The zero-order valence-corrected chi connectivity index (χ0v) is 13.8.